The molecule has 1 aromatic carbocycles. The number of likely N-dealkylation sites (N-methyl/N-ethyl adjacent to an activating group) is 1. The van der Waals surface area contributed by atoms with Crippen LogP contribution >= 0.6 is 0 Å². The standard InChI is InChI=1S/C16H31NO3Si2/c1-17-16(20-22(6,7)8)12-13-9-10-14(15(11-13)18-2)19-21(3,4)5/h9-11,16-17H,12H2,1-8H3. The topological polar surface area (TPSA) is 39.7 Å². The van der Waals surface area contributed by atoms with Crippen molar-refractivity contribution < 1.29 is 13.6 Å². The van der Waals surface area contributed by atoms with Crippen molar-refractivity contribution >= 4 is 16.6 Å². The van der Waals surface area contributed by atoms with Crippen molar-refractivity contribution in [1.82, 2.24) is 5.32 Å². The van der Waals surface area contributed by atoms with Crippen LogP contribution in [0, 0.1) is 0 Å². The van der Waals surface area contributed by atoms with Crippen LogP contribution in [0.15, 0.2) is 18.2 Å². The number of hydrogen-bond acceptors (Lipinski definition) is 4. The maximum atomic E-state index is 6.14. The predicted molar refractivity (Wildman–Crippen MR) is 98.0 cm³/mol. The average molecular weight is 342 g/mol. The molecule has 1 rings (SSSR count). The van der Waals surface area contributed by atoms with Crippen molar-refractivity contribution in [3.63, 3.8) is 0 Å². The van der Waals surface area contributed by atoms with Crippen molar-refractivity contribution in [2.45, 2.75) is 51.9 Å². The van der Waals surface area contributed by atoms with E-state index >= 15 is 0 Å². The first-order valence-electron chi connectivity index (χ1n) is 7.75. The van der Waals surface area contributed by atoms with Gasteiger partial charge in [0.1, 0.15) is 12.0 Å². The van der Waals surface area contributed by atoms with E-state index in [1.165, 1.54) is 5.56 Å². The number of rotatable bonds is 8. The highest BCUT2D eigenvalue weighted by Gasteiger charge is 2.22. The van der Waals surface area contributed by atoms with E-state index in [0.717, 1.165) is 17.9 Å². The second kappa shape index (κ2) is 7.63. The van der Waals surface area contributed by atoms with Gasteiger partial charge in [-0.1, -0.05) is 6.07 Å². The summed E-state index contributed by atoms with van der Waals surface area (Å²) in [6.45, 7) is 13.1. The highest BCUT2D eigenvalue weighted by atomic mass is 28.4. The molecule has 0 amide bonds. The summed E-state index contributed by atoms with van der Waals surface area (Å²) in [5.74, 6) is 1.63. The van der Waals surface area contributed by atoms with Gasteiger partial charge < -0.3 is 13.6 Å². The lowest BCUT2D eigenvalue weighted by Gasteiger charge is -2.26. The Kier molecular flexibility index (Phi) is 6.67. The molecule has 0 aliphatic carbocycles. The zero-order valence-electron chi connectivity index (χ0n) is 15.2. The molecular formula is C16H31NO3Si2. The van der Waals surface area contributed by atoms with E-state index in [9.17, 15) is 0 Å². The van der Waals surface area contributed by atoms with Crippen molar-refractivity contribution in [3.8, 4) is 11.5 Å². The highest BCUT2D eigenvalue weighted by Crippen LogP contribution is 2.30. The zero-order chi connectivity index (χ0) is 17.0. The first kappa shape index (κ1) is 19.2. The molecule has 22 heavy (non-hydrogen) atoms. The van der Waals surface area contributed by atoms with Gasteiger partial charge in [-0.25, -0.2) is 0 Å². The summed E-state index contributed by atoms with van der Waals surface area (Å²) in [7, 11) is 0.402. The van der Waals surface area contributed by atoms with Gasteiger partial charge in [-0.15, -0.1) is 0 Å². The van der Waals surface area contributed by atoms with Crippen LogP contribution in [0.3, 0.4) is 0 Å². The quantitative estimate of drug-likeness (QED) is 0.576. The van der Waals surface area contributed by atoms with Crippen LogP contribution in [0.2, 0.25) is 39.3 Å². The van der Waals surface area contributed by atoms with Gasteiger partial charge in [-0.05, 0) is 64.0 Å². The predicted octanol–water partition coefficient (Wildman–Crippen LogP) is 3.85. The second-order valence-electron chi connectivity index (χ2n) is 7.41. The van der Waals surface area contributed by atoms with E-state index in [1.54, 1.807) is 7.11 Å². The SMILES string of the molecule is CNC(Cc1ccc(O[Si](C)(C)C)c(OC)c1)O[Si](C)(C)C. The van der Waals surface area contributed by atoms with E-state index < -0.39 is 16.6 Å². The molecule has 1 N–H and O–H groups in total. The minimum atomic E-state index is -1.65. The molecule has 1 aromatic rings. The van der Waals surface area contributed by atoms with Gasteiger partial charge in [0.25, 0.3) is 0 Å². The normalized spacial score (nSPS) is 13.8. The minimum Gasteiger partial charge on any atom is -0.542 e. The lowest BCUT2D eigenvalue weighted by molar-refractivity contribution is 0.166. The van der Waals surface area contributed by atoms with E-state index in [4.69, 9.17) is 13.6 Å². The molecule has 0 fully saturated rings. The molecule has 0 spiro atoms. The molecular weight excluding hydrogens is 310 g/mol. The number of methoxy groups -OCH3 is 1. The molecule has 0 bridgehead atoms. The molecule has 1 unspecified atom stereocenters. The number of nitrogens with one attached hydrogen (secondary N) is 1. The van der Waals surface area contributed by atoms with Crippen molar-refractivity contribution in [3.05, 3.63) is 23.8 Å². The van der Waals surface area contributed by atoms with Crippen LogP contribution < -0.4 is 14.5 Å². The molecule has 0 heterocycles. The maximum Gasteiger partial charge on any atom is 0.242 e. The molecule has 0 aliphatic rings. The fraction of sp³-hybridized carbons (Fsp3) is 0.625. The Hall–Kier alpha value is -0.826. The fourth-order valence-corrected chi connectivity index (χ4v) is 3.98. The Bertz CT molecular complexity index is 481. The largest absolute Gasteiger partial charge is 0.542 e. The van der Waals surface area contributed by atoms with Crippen molar-refractivity contribution in [2.75, 3.05) is 14.2 Å². The molecule has 0 aliphatic heterocycles. The van der Waals surface area contributed by atoms with Gasteiger partial charge in [0.2, 0.25) is 8.32 Å². The molecule has 126 valence electrons. The zero-order valence-corrected chi connectivity index (χ0v) is 17.2. The molecule has 4 nitrogen and oxygen atoms in total. The van der Waals surface area contributed by atoms with Gasteiger partial charge in [0, 0.05) is 6.42 Å². The Morgan fingerprint density at radius 3 is 2.09 bits per heavy atom. The third kappa shape index (κ3) is 6.96. The maximum absolute atomic E-state index is 6.14. The molecule has 0 saturated heterocycles. The van der Waals surface area contributed by atoms with E-state index in [0.29, 0.717) is 0 Å². The summed E-state index contributed by atoms with van der Waals surface area (Å²) >= 11 is 0. The smallest absolute Gasteiger partial charge is 0.242 e. The Balaban J connectivity index is 2.88. The number of benzene rings is 1. The molecule has 0 radical (unpaired) electrons. The van der Waals surface area contributed by atoms with Crippen LogP contribution in [-0.4, -0.2) is 37.0 Å². The van der Waals surface area contributed by atoms with Gasteiger partial charge >= 0.3 is 0 Å². The van der Waals surface area contributed by atoms with Gasteiger partial charge in [0.05, 0.1) is 7.11 Å². The summed E-state index contributed by atoms with van der Waals surface area (Å²) in [6, 6.07) is 6.15. The summed E-state index contributed by atoms with van der Waals surface area (Å²) < 4.78 is 17.7. The van der Waals surface area contributed by atoms with Gasteiger partial charge in [-0.2, -0.15) is 0 Å². The lowest BCUT2D eigenvalue weighted by Crippen LogP contribution is -2.40. The average Bonchev–Trinajstić information content (AvgIpc) is 2.36. The Morgan fingerprint density at radius 2 is 1.64 bits per heavy atom. The van der Waals surface area contributed by atoms with Crippen LogP contribution in [0.25, 0.3) is 0 Å². The first-order chi connectivity index (χ1) is 10.0. The van der Waals surface area contributed by atoms with E-state index in [-0.39, 0.29) is 6.23 Å². The summed E-state index contributed by atoms with van der Waals surface area (Å²) in [6.07, 6.45) is 0.838. The molecule has 6 heteroatoms. The first-order valence-corrected chi connectivity index (χ1v) is 14.6. The summed E-state index contributed by atoms with van der Waals surface area (Å²) in [5, 5.41) is 3.24. The van der Waals surface area contributed by atoms with Crippen LogP contribution in [-0.2, 0) is 10.8 Å². The lowest BCUT2D eigenvalue weighted by atomic mass is 10.1. The van der Waals surface area contributed by atoms with Crippen molar-refractivity contribution in [2.24, 2.45) is 0 Å². The minimum absolute atomic E-state index is 0.0279. The Labute approximate surface area is 137 Å². The number of ether oxygens (including phenoxy) is 1. The van der Waals surface area contributed by atoms with Gasteiger partial charge in [-0.3, -0.25) is 5.32 Å². The molecule has 1 atom stereocenters. The van der Waals surface area contributed by atoms with Crippen LogP contribution in [0.5, 0.6) is 11.5 Å². The second-order valence-corrected chi connectivity index (χ2v) is 16.3. The third-order valence-corrected chi connectivity index (χ3v) is 4.71. The highest BCUT2D eigenvalue weighted by molar-refractivity contribution is 6.70. The third-order valence-electron chi connectivity index (χ3n) is 2.88. The van der Waals surface area contributed by atoms with E-state index in [2.05, 4.69) is 50.7 Å². The van der Waals surface area contributed by atoms with Crippen molar-refractivity contribution in [1.29, 1.82) is 0 Å². The van der Waals surface area contributed by atoms with Crippen LogP contribution in [0.1, 0.15) is 5.56 Å². The molecule has 0 aromatic heterocycles. The summed E-state index contributed by atoms with van der Waals surface area (Å²) in [5.41, 5.74) is 1.18. The van der Waals surface area contributed by atoms with Gasteiger partial charge in [0.15, 0.2) is 14.1 Å². The van der Waals surface area contributed by atoms with Crippen LogP contribution in [0.4, 0.5) is 0 Å². The monoisotopic (exact) mass is 341 g/mol. The Morgan fingerprint density at radius 1 is 1.00 bits per heavy atom. The molecule has 0 saturated carbocycles. The fourth-order valence-electron chi connectivity index (χ4n) is 2.10. The number of hydrogen-bond donors (Lipinski definition) is 1. The summed E-state index contributed by atoms with van der Waals surface area (Å²) in [4.78, 5) is 0. The van der Waals surface area contributed by atoms with E-state index in [1.807, 2.05) is 19.2 Å².